The van der Waals surface area contributed by atoms with Crippen molar-refractivity contribution < 1.29 is 4.79 Å². The van der Waals surface area contributed by atoms with Gasteiger partial charge in [-0.3, -0.25) is 9.78 Å². The minimum atomic E-state index is -0.154. The van der Waals surface area contributed by atoms with Gasteiger partial charge in [0, 0.05) is 54.1 Å². The SMILES string of the molecule is CC(C)c1cnn2c(NCc3ccccc3-c3nccc4cc(NC(=O)/C=C/CN(C)C)ccc34)nc(NCC3CCN(C)CC3)nc12. The number of carbonyl (C=O) groups is 1. The Morgan fingerprint density at radius 3 is 2.67 bits per heavy atom. The largest absolute Gasteiger partial charge is 0.354 e. The molecule has 48 heavy (non-hydrogen) atoms. The van der Waals surface area contributed by atoms with E-state index in [0.717, 1.165) is 64.1 Å². The molecule has 2 aromatic carbocycles. The number of nitrogens with zero attached hydrogens (tertiary/aromatic N) is 7. The summed E-state index contributed by atoms with van der Waals surface area (Å²) >= 11 is 0. The van der Waals surface area contributed by atoms with E-state index in [2.05, 4.69) is 59.0 Å². The van der Waals surface area contributed by atoms with E-state index in [1.165, 1.54) is 12.8 Å². The maximum Gasteiger partial charge on any atom is 0.248 e. The van der Waals surface area contributed by atoms with Gasteiger partial charge in [0.05, 0.1) is 11.9 Å². The average Bonchev–Trinajstić information content (AvgIpc) is 3.51. The molecule has 1 aliphatic rings. The Morgan fingerprint density at radius 2 is 1.88 bits per heavy atom. The second-order valence-corrected chi connectivity index (χ2v) is 13.2. The van der Waals surface area contributed by atoms with E-state index in [9.17, 15) is 4.79 Å². The Balaban J connectivity index is 1.24. The Labute approximate surface area is 282 Å². The van der Waals surface area contributed by atoms with Gasteiger partial charge in [-0.25, -0.2) is 0 Å². The number of likely N-dealkylation sites (N-methyl/N-ethyl adjacent to an activating group) is 1. The first kappa shape index (κ1) is 33.0. The number of amides is 1. The molecule has 4 heterocycles. The molecule has 250 valence electrons. The van der Waals surface area contributed by atoms with Gasteiger partial charge in [0.15, 0.2) is 5.65 Å². The van der Waals surface area contributed by atoms with Gasteiger partial charge in [0.25, 0.3) is 0 Å². The lowest BCUT2D eigenvalue weighted by molar-refractivity contribution is -0.111. The number of nitrogens with one attached hydrogen (secondary N) is 3. The normalized spacial score (nSPS) is 14.5. The van der Waals surface area contributed by atoms with Crippen molar-refractivity contribution in [2.24, 2.45) is 5.92 Å². The molecular formula is C37H46N10O. The van der Waals surface area contributed by atoms with Gasteiger partial charge in [-0.2, -0.15) is 19.6 Å². The van der Waals surface area contributed by atoms with Crippen molar-refractivity contribution in [3.05, 3.63) is 84.2 Å². The summed E-state index contributed by atoms with van der Waals surface area (Å²) in [5.41, 5.74) is 5.61. The fourth-order valence-electron chi connectivity index (χ4n) is 6.10. The molecule has 5 aromatic rings. The highest BCUT2D eigenvalue weighted by molar-refractivity contribution is 6.02. The minimum Gasteiger partial charge on any atom is -0.354 e. The summed E-state index contributed by atoms with van der Waals surface area (Å²) in [4.78, 5) is 31.5. The zero-order valence-electron chi connectivity index (χ0n) is 28.6. The number of hydrogen-bond donors (Lipinski definition) is 3. The van der Waals surface area contributed by atoms with Crippen molar-refractivity contribution in [2.45, 2.75) is 39.2 Å². The highest BCUT2D eigenvalue weighted by Gasteiger charge is 2.19. The molecule has 1 amide bonds. The van der Waals surface area contributed by atoms with Crippen LogP contribution in [0.15, 0.2) is 73.1 Å². The summed E-state index contributed by atoms with van der Waals surface area (Å²) in [5, 5.41) is 16.8. The van der Waals surface area contributed by atoms with Crippen LogP contribution in [0.4, 0.5) is 17.6 Å². The van der Waals surface area contributed by atoms with Crippen LogP contribution in [0, 0.1) is 5.92 Å². The molecular weight excluding hydrogens is 600 g/mol. The van der Waals surface area contributed by atoms with Gasteiger partial charge in [-0.05, 0) is 88.1 Å². The average molecular weight is 647 g/mol. The number of piperidine rings is 1. The molecule has 0 atom stereocenters. The Kier molecular flexibility index (Phi) is 10.3. The van der Waals surface area contributed by atoms with Crippen LogP contribution in [0.25, 0.3) is 27.7 Å². The van der Waals surface area contributed by atoms with E-state index >= 15 is 0 Å². The molecule has 1 saturated heterocycles. The fraction of sp³-hybridized carbons (Fsp3) is 0.378. The number of benzene rings is 2. The predicted octanol–water partition coefficient (Wildman–Crippen LogP) is 5.89. The van der Waals surface area contributed by atoms with Crippen LogP contribution < -0.4 is 16.0 Å². The lowest BCUT2D eigenvalue weighted by Gasteiger charge is -2.28. The van der Waals surface area contributed by atoms with Crippen molar-refractivity contribution in [2.75, 3.05) is 63.3 Å². The van der Waals surface area contributed by atoms with Crippen LogP contribution >= 0.6 is 0 Å². The van der Waals surface area contributed by atoms with Crippen LogP contribution in [0.1, 0.15) is 43.7 Å². The van der Waals surface area contributed by atoms with E-state index in [1.54, 1.807) is 10.6 Å². The molecule has 11 heteroatoms. The second kappa shape index (κ2) is 14.9. The molecule has 0 radical (unpaired) electrons. The van der Waals surface area contributed by atoms with Gasteiger partial charge in [-0.1, -0.05) is 50.3 Å². The molecule has 0 unspecified atom stereocenters. The number of rotatable bonds is 12. The number of aromatic nitrogens is 5. The summed E-state index contributed by atoms with van der Waals surface area (Å²) in [6.45, 7) is 8.63. The van der Waals surface area contributed by atoms with E-state index in [-0.39, 0.29) is 11.8 Å². The zero-order valence-corrected chi connectivity index (χ0v) is 28.6. The number of carbonyl (C=O) groups excluding carboxylic acids is 1. The molecule has 0 bridgehead atoms. The number of hydrogen-bond acceptors (Lipinski definition) is 9. The highest BCUT2D eigenvalue weighted by Crippen LogP contribution is 2.31. The monoisotopic (exact) mass is 646 g/mol. The standard InChI is InChI=1S/C37H46N10O/c1-25(2)32-24-41-47-35(32)43-36(39-22-26-15-19-46(5)20-16-26)44-37(47)40-23-28-9-6-7-10-30(28)34-31-13-12-29(21-27(31)14-17-38-34)42-33(48)11-8-18-45(3)4/h6-14,17,21,24-26H,15-16,18-20,22-23H2,1-5H3,(H,42,48)(H2,39,40,43,44)/b11-8+. The first-order valence-corrected chi connectivity index (χ1v) is 16.8. The van der Waals surface area contributed by atoms with Crippen LogP contribution in [0.5, 0.6) is 0 Å². The summed E-state index contributed by atoms with van der Waals surface area (Å²) in [6.07, 6.45) is 9.47. The smallest absolute Gasteiger partial charge is 0.248 e. The molecule has 3 N–H and O–H groups in total. The second-order valence-electron chi connectivity index (χ2n) is 13.2. The van der Waals surface area contributed by atoms with Gasteiger partial charge in [-0.15, -0.1) is 0 Å². The maximum atomic E-state index is 12.5. The van der Waals surface area contributed by atoms with Crippen LogP contribution in [0.3, 0.4) is 0 Å². The predicted molar refractivity (Wildman–Crippen MR) is 194 cm³/mol. The van der Waals surface area contributed by atoms with Gasteiger partial charge in [0.1, 0.15) is 0 Å². The lowest BCUT2D eigenvalue weighted by Crippen LogP contribution is -2.33. The number of anilines is 3. The number of pyridine rings is 1. The van der Waals surface area contributed by atoms with E-state index < -0.39 is 0 Å². The minimum absolute atomic E-state index is 0.154. The Morgan fingerprint density at radius 1 is 1.06 bits per heavy atom. The van der Waals surface area contributed by atoms with Crippen molar-refractivity contribution in [1.82, 2.24) is 34.4 Å². The van der Waals surface area contributed by atoms with Crippen molar-refractivity contribution in [1.29, 1.82) is 0 Å². The van der Waals surface area contributed by atoms with E-state index in [1.807, 2.05) is 73.9 Å². The third-order valence-electron chi connectivity index (χ3n) is 8.89. The van der Waals surface area contributed by atoms with Crippen molar-refractivity contribution in [3.8, 4) is 11.3 Å². The fourth-order valence-corrected chi connectivity index (χ4v) is 6.10. The van der Waals surface area contributed by atoms with Crippen LogP contribution in [-0.4, -0.2) is 87.6 Å². The summed E-state index contributed by atoms with van der Waals surface area (Å²) < 4.78 is 1.81. The molecule has 0 saturated carbocycles. The third kappa shape index (κ3) is 7.80. The lowest BCUT2D eigenvalue weighted by atomic mass is 9.97. The summed E-state index contributed by atoms with van der Waals surface area (Å²) in [7, 11) is 6.12. The number of likely N-dealkylation sites (tertiary alicyclic amines) is 1. The molecule has 11 nitrogen and oxygen atoms in total. The van der Waals surface area contributed by atoms with Crippen molar-refractivity contribution in [3.63, 3.8) is 0 Å². The molecule has 0 aliphatic carbocycles. The van der Waals surface area contributed by atoms with Gasteiger partial charge < -0.3 is 25.8 Å². The topological polar surface area (TPSA) is 116 Å². The van der Waals surface area contributed by atoms with Crippen molar-refractivity contribution >= 4 is 39.9 Å². The van der Waals surface area contributed by atoms with E-state index in [0.29, 0.717) is 30.9 Å². The molecule has 0 spiro atoms. The first-order valence-electron chi connectivity index (χ1n) is 16.8. The van der Waals surface area contributed by atoms with Gasteiger partial charge >= 0.3 is 0 Å². The molecule has 3 aromatic heterocycles. The summed E-state index contributed by atoms with van der Waals surface area (Å²) in [5.74, 6) is 1.98. The van der Waals surface area contributed by atoms with Gasteiger partial charge in [0.2, 0.25) is 17.8 Å². The number of fused-ring (bicyclic) bond motifs is 2. The molecule has 1 fully saturated rings. The van der Waals surface area contributed by atoms with E-state index in [4.69, 9.17) is 15.0 Å². The maximum absolute atomic E-state index is 12.5. The quantitative estimate of drug-likeness (QED) is 0.143. The van der Waals surface area contributed by atoms with Crippen LogP contribution in [-0.2, 0) is 11.3 Å². The molecule has 6 rings (SSSR count). The Hall–Kier alpha value is -4.87. The van der Waals surface area contributed by atoms with Crippen LogP contribution in [0.2, 0.25) is 0 Å². The molecule has 1 aliphatic heterocycles. The first-order chi connectivity index (χ1) is 23.2. The Bertz CT molecular complexity index is 1910. The zero-order chi connectivity index (χ0) is 33.6. The third-order valence-corrected chi connectivity index (χ3v) is 8.89. The highest BCUT2D eigenvalue weighted by atomic mass is 16.1. The summed E-state index contributed by atoms with van der Waals surface area (Å²) in [6, 6.07) is 16.2.